The van der Waals surface area contributed by atoms with Gasteiger partial charge in [0.05, 0.1) is 39.6 Å². The van der Waals surface area contributed by atoms with Gasteiger partial charge in [0.15, 0.2) is 37.7 Å². The molecule has 29 atom stereocenters. The number of rotatable bonds is 15. The molecule has 30 nitrogen and oxygen atoms in total. The molecule has 0 amide bonds. The summed E-state index contributed by atoms with van der Waals surface area (Å²) in [5, 5.41) is 199. The highest BCUT2D eigenvalue weighted by Gasteiger charge is 2.56. The van der Waals surface area contributed by atoms with Crippen LogP contribution in [0, 0.1) is 0 Å². The van der Waals surface area contributed by atoms with E-state index in [1.54, 1.807) is 0 Å². The first-order valence-corrected chi connectivity index (χ1v) is 20.5. The first kappa shape index (κ1) is 53.2. The number of aliphatic hydroxyl groups excluding tert-OH is 19. The molecular weight excluding hydrogens is 900 g/mol. The van der Waals surface area contributed by atoms with Crippen LogP contribution in [-0.4, -0.2) is 315 Å². The molecular formula is C35H60O30. The van der Waals surface area contributed by atoms with E-state index in [1.165, 1.54) is 0 Å². The van der Waals surface area contributed by atoms with Crippen LogP contribution in [0.15, 0.2) is 0 Å². The smallest absolute Gasteiger partial charge is 0.187 e. The highest BCUT2D eigenvalue weighted by Crippen LogP contribution is 2.35. The van der Waals surface area contributed by atoms with Gasteiger partial charge in [-0.1, -0.05) is 0 Å². The van der Waals surface area contributed by atoms with Gasteiger partial charge in [0, 0.05) is 0 Å². The van der Waals surface area contributed by atoms with Gasteiger partial charge in [0.1, 0.15) is 140 Å². The second-order valence-electron chi connectivity index (χ2n) is 16.3. The quantitative estimate of drug-likeness (QED) is 0.0724. The molecule has 6 aliphatic rings. The van der Waals surface area contributed by atoms with Crippen molar-refractivity contribution >= 4 is 0 Å². The van der Waals surface area contributed by atoms with Crippen LogP contribution in [0.2, 0.25) is 0 Å². The summed E-state index contributed by atoms with van der Waals surface area (Å²) < 4.78 is 61.3. The lowest BCUT2D eigenvalue weighted by Crippen LogP contribution is -2.67. The Hall–Kier alpha value is -1.20. The fourth-order valence-electron chi connectivity index (χ4n) is 8.11. The Labute approximate surface area is 366 Å². The van der Waals surface area contributed by atoms with Crippen molar-refractivity contribution in [3.63, 3.8) is 0 Å². The third-order valence-electron chi connectivity index (χ3n) is 12.0. The largest absolute Gasteiger partial charge is 0.394 e. The molecule has 6 saturated heterocycles. The molecule has 6 fully saturated rings. The van der Waals surface area contributed by atoms with E-state index in [-0.39, 0.29) is 0 Å². The van der Waals surface area contributed by atoms with E-state index < -0.39 is 218 Å². The molecule has 0 aromatic carbocycles. The highest BCUT2D eigenvalue weighted by molar-refractivity contribution is 4.99. The summed E-state index contributed by atoms with van der Waals surface area (Å²) in [6.45, 7) is -5.17. The molecule has 0 saturated carbocycles. The predicted octanol–water partition coefficient (Wildman–Crippen LogP) is -13.5. The molecule has 0 bridgehead atoms. The van der Waals surface area contributed by atoms with Crippen molar-refractivity contribution in [1.82, 2.24) is 0 Å². The van der Waals surface area contributed by atoms with Crippen LogP contribution < -0.4 is 0 Å². The lowest BCUT2D eigenvalue weighted by Gasteiger charge is -2.49. The number of ether oxygens (including phenoxy) is 11. The maximum Gasteiger partial charge on any atom is 0.187 e. The van der Waals surface area contributed by atoms with Gasteiger partial charge in [-0.3, -0.25) is 0 Å². The third kappa shape index (κ3) is 11.1. The van der Waals surface area contributed by atoms with Crippen molar-refractivity contribution in [3.8, 4) is 0 Å². The second-order valence-corrected chi connectivity index (χ2v) is 16.3. The Balaban J connectivity index is 1.22. The number of aliphatic hydroxyl groups is 19. The molecule has 6 rings (SSSR count). The molecule has 0 aromatic heterocycles. The van der Waals surface area contributed by atoms with Crippen molar-refractivity contribution < 1.29 is 149 Å². The predicted molar refractivity (Wildman–Crippen MR) is 193 cm³/mol. The normalized spacial score (nSPS) is 53.5. The van der Waals surface area contributed by atoms with Crippen molar-refractivity contribution in [1.29, 1.82) is 0 Å². The van der Waals surface area contributed by atoms with Crippen molar-refractivity contribution in [2.45, 2.75) is 178 Å². The van der Waals surface area contributed by atoms with E-state index in [9.17, 15) is 97.0 Å². The summed E-state index contributed by atoms with van der Waals surface area (Å²) in [6, 6.07) is 0. The molecule has 6 heterocycles. The molecule has 0 unspecified atom stereocenters. The fourth-order valence-corrected chi connectivity index (χ4v) is 8.11. The van der Waals surface area contributed by atoms with Crippen LogP contribution in [0.5, 0.6) is 0 Å². The minimum Gasteiger partial charge on any atom is -0.394 e. The van der Waals surface area contributed by atoms with Crippen LogP contribution in [0.4, 0.5) is 0 Å². The standard InChI is InChI=1S/C35H60O30/c36-1-8-14(42)16(44)22(50)31(58-8)64-28-12(6-56-35-29(13(41)7(40)5-55-35)65-32-23(51)17(45)15(43)9(2-37)59-32)61-34(25(53)20(28)48)63-27-11(4-39)60-33(24(52)19(27)47)62-26-10(3-38)57-30(54)21(49)18(26)46/h7-54H,1-6H2/t7-,8-,9-,10-,11-,12-,13+,14-,15+,16+,17+,18-,19-,20-,21-,22-,23-,24-,25-,26-,27-,28-,29-,30-,31+,32+,33+,34+,35-/m1/s1. The summed E-state index contributed by atoms with van der Waals surface area (Å²) in [5.74, 6) is 0. The maximum atomic E-state index is 11.5. The van der Waals surface area contributed by atoms with E-state index >= 15 is 0 Å². The van der Waals surface area contributed by atoms with Gasteiger partial charge in [-0.15, -0.1) is 0 Å². The lowest BCUT2D eigenvalue weighted by molar-refractivity contribution is -0.392. The van der Waals surface area contributed by atoms with E-state index in [0.29, 0.717) is 0 Å². The molecule has 0 aromatic rings. The van der Waals surface area contributed by atoms with Crippen LogP contribution in [-0.2, 0) is 52.1 Å². The monoisotopic (exact) mass is 960 g/mol. The number of hydrogen-bond acceptors (Lipinski definition) is 30. The second kappa shape index (κ2) is 22.7. The zero-order valence-corrected chi connectivity index (χ0v) is 34.0. The van der Waals surface area contributed by atoms with Gasteiger partial charge in [0.25, 0.3) is 0 Å². The van der Waals surface area contributed by atoms with E-state index in [1.807, 2.05) is 0 Å². The Morgan fingerprint density at radius 1 is 0.323 bits per heavy atom. The molecule has 0 radical (unpaired) electrons. The van der Waals surface area contributed by atoms with Gasteiger partial charge in [0.2, 0.25) is 0 Å². The molecule has 30 heteroatoms. The summed E-state index contributed by atoms with van der Waals surface area (Å²) in [5.41, 5.74) is 0. The van der Waals surface area contributed by atoms with E-state index in [0.717, 1.165) is 0 Å². The van der Waals surface area contributed by atoms with E-state index in [2.05, 4.69) is 0 Å². The van der Waals surface area contributed by atoms with Crippen LogP contribution in [0.3, 0.4) is 0 Å². The SMILES string of the molecule is OC[C@H]1O[C@@H](O[C@H]2[C@@H](OC[C@H]3O[C@@H](O[C@H]4[C@H](O)[C@@H](O)[C@H](O[C@H]5[C@H](O)[C@@H](O)[C@H](O)O[C@@H]5CO)O[C@@H]4CO)[C@H](O)[C@@H](O)[C@@H]3O[C@@H]3O[C@H](CO)[C@@H](O)[C@H](O)[C@H]3O)OC[C@@H](O)[C@@H]2O)[C@H](O)[C@@H](O)[C@H]1O. The van der Waals surface area contributed by atoms with Crippen LogP contribution in [0.25, 0.3) is 0 Å². The van der Waals surface area contributed by atoms with Crippen molar-refractivity contribution in [2.24, 2.45) is 0 Å². The summed E-state index contributed by atoms with van der Waals surface area (Å²) in [7, 11) is 0. The maximum absolute atomic E-state index is 11.5. The zero-order valence-electron chi connectivity index (χ0n) is 34.0. The Morgan fingerprint density at radius 3 is 1.12 bits per heavy atom. The summed E-state index contributed by atoms with van der Waals surface area (Å²) >= 11 is 0. The fraction of sp³-hybridized carbons (Fsp3) is 1.00. The first-order valence-electron chi connectivity index (χ1n) is 20.5. The highest BCUT2D eigenvalue weighted by atomic mass is 16.8. The van der Waals surface area contributed by atoms with Gasteiger partial charge in [-0.05, 0) is 0 Å². The summed E-state index contributed by atoms with van der Waals surface area (Å²) in [6.07, 6.45) is -54.7. The summed E-state index contributed by atoms with van der Waals surface area (Å²) in [4.78, 5) is 0. The van der Waals surface area contributed by atoms with Gasteiger partial charge < -0.3 is 149 Å². The molecule has 6 aliphatic heterocycles. The Kier molecular flexibility index (Phi) is 18.6. The average Bonchev–Trinajstić information content (AvgIpc) is 3.29. The first-order chi connectivity index (χ1) is 30.8. The Morgan fingerprint density at radius 2 is 0.677 bits per heavy atom. The van der Waals surface area contributed by atoms with Crippen LogP contribution in [0.1, 0.15) is 0 Å². The van der Waals surface area contributed by atoms with Crippen molar-refractivity contribution in [3.05, 3.63) is 0 Å². The average molecular weight is 961 g/mol. The number of hydrogen-bond donors (Lipinski definition) is 19. The topological polar surface area (TPSA) is 486 Å². The third-order valence-corrected chi connectivity index (χ3v) is 12.0. The minimum atomic E-state index is -2.23. The van der Waals surface area contributed by atoms with Gasteiger partial charge >= 0.3 is 0 Å². The van der Waals surface area contributed by atoms with E-state index in [4.69, 9.17) is 52.1 Å². The van der Waals surface area contributed by atoms with Gasteiger partial charge in [-0.25, -0.2) is 0 Å². The Bertz CT molecular complexity index is 1450. The molecule has 0 aliphatic carbocycles. The molecule has 65 heavy (non-hydrogen) atoms. The minimum absolute atomic E-state index is 0.616. The van der Waals surface area contributed by atoms with Crippen LogP contribution >= 0.6 is 0 Å². The molecule has 0 spiro atoms. The van der Waals surface area contributed by atoms with Gasteiger partial charge in [-0.2, -0.15) is 0 Å². The molecule has 380 valence electrons. The lowest BCUT2D eigenvalue weighted by atomic mass is 9.95. The van der Waals surface area contributed by atoms with Crippen molar-refractivity contribution in [2.75, 3.05) is 39.6 Å². The molecule has 19 N–H and O–H groups in total. The zero-order chi connectivity index (χ0) is 47.8.